The number of nitrogens with one attached hydrogen (secondary N) is 1. The van der Waals surface area contributed by atoms with Crippen molar-refractivity contribution >= 4 is 11.3 Å². The van der Waals surface area contributed by atoms with Gasteiger partial charge in [0.05, 0.1) is 0 Å². The molecule has 0 aliphatic carbocycles. The van der Waals surface area contributed by atoms with Crippen molar-refractivity contribution in [1.29, 1.82) is 0 Å². The fraction of sp³-hybridized carbons (Fsp3) is 0.333. The average molecular weight is 233 g/mol. The molecule has 0 spiro atoms. The second-order valence-corrected chi connectivity index (χ2v) is 4.82. The molecule has 3 nitrogen and oxygen atoms in total. The number of aromatic nitrogens is 2. The zero-order valence-electron chi connectivity index (χ0n) is 9.31. The van der Waals surface area contributed by atoms with Gasteiger partial charge < -0.3 is 5.32 Å². The molecule has 84 valence electrons. The van der Waals surface area contributed by atoms with Crippen molar-refractivity contribution in [2.75, 3.05) is 0 Å². The van der Waals surface area contributed by atoms with Crippen molar-refractivity contribution < 1.29 is 0 Å². The lowest BCUT2D eigenvalue weighted by atomic mass is 10.3. The second-order valence-electron chi connectivity index (χ2n) is 3.57. The van der Waals surface area contributed by atoms with Crippen molar-refractivity contribution in [3.8, 4) is 0 Å². The Morgan fingerprint density at radius 1 is 1.12 bits per heavy atom. The summed E-state index contributed by atoms with van der Waals surface area (Å²) in [6.45, 7) is 3.92. The van der Waals surface area contributed by atoms with Crippen molar-refractivity contribution in [3.63, 3.8) is 0 Å². The summed E-state index contributed by atoms with van der Waals surface area (Å²) in [5.74, 6) is 0. The Morgan fingerprint density at radius 2 is 1.88 bits per heavy atom. The van der Waals surface area contributed by atoms with E-state index in [9.17, 15) is 0 Å². The number of aryl methyl sites for hydroxylation is 1. The predicted molar refractivity (Wildman–Crippen MR) is 66.3 cm³/mol. The Morgan fingerprint density at radius 3 is 2.56 bits per heavy atom. The molecule has 16 heavy (non-hydrogen) atoms. The van der Waals surface area contributed by atoms with E-state index in [-0.39, 0.29) is 0 Å². The van der Waals surface area contributed by atoms with E-state index in [1.54, 1.807) is 6.33 Å². The summed E-state index contributed by atoms with van der Waals surface area (Å²) in [5, 5.41) is 3.39. The molecule has 0 atom stereocenters. The van der Waals surface area contributed by atoms with Crippen LogP contribution in [0.5, 0.6) is 0 Å². The standard InChI is InChI=1S/C12H15N3S/c1-2-11-3-4-12(16-11)8-13-5-10-6-14-9-15-7-10/h3-4,6-7,9,13H,2,5,8H2,1H3. The quantitative estimate of drug-likeness (QED) is 0.861. The highest BCUT2D eigenvalue weighted by Gasteiger charge is 1.98. The largest absolute Gasteiger partial charge is 0.308 e. The molecule has 0 bridgehead atoms. The van der Waals surface area contributed by atoms with Crippen LogP contribution in [0.25, 0.3) is 0 Å². The number of hydrogen-bond acceptors (Lipinski definition) is 4. The fourth-order valence-electron chi connectivity index (χ4n) is 1.46. The maximum atomic E-state index is 3.98. The van der Waals surface area contributed by atoms with Crippen LogP contribution < -0.4 is 5.32 Å². The third-order valence-electron chi connectivity index (χ3n) is 2.31. The minimum atomic E-state index is 0.820. The van der Waals surface area contributed by atoms with Crippen LogP contribution in [0.4, 0.5) is 0 Å². The number of rotatable bonds is 5. The molecule has 1 N–H and O–H groups in total. The van der Waals surface area contributed by atoms with E-state index in [2.05, 4.69) is 34.3 Å². The van der Waals surface area contributed by atoms with Crippen molar-refractivity contribution in [3.05, 3.63) is 46.2 Å². The minimum Gasteiger partial charge on any atom is -0.308 e. The van der Waals surface area contributed by atoms with E-state index in [0.717, 1.165) is 25.1 Å². The van der Waals surface area contributed by atoms with Crippen LogP contribution in [0.3, 0.4) is 0 Å². The van der Waals surface area contributed by atoms with Gasteiger partial charge in [-0.15, -0.1) is 11.3 Å². The molecule has 0 aliphatic rings. The van der Waals surface area contributed by atoms with Gasteiger partial charge in [0.1, 0.15) is 6.33 Å². The Bertz CT molecular complexity index is 425. The van der Waals surface area contributed by atoms with E-state index in [1.165, 1.54) is 9.75 Å². The summed E-state index contributed by atoms with van der Waals surface area (Å²) in [6.07, 6.45) is 6.35. The zero-order valence-corrected chi connectivity index (χ0v) is 10.1. The molecule has 0 amide bonds. The highest BCUT2D eigenvalue weighted by Crippen LogP contribution is 2.16. The van der Waals surface area contributed by atoms with Crippen molar-refractivity contribution in [1.82, 2.24) is 15.3 Å². The van der Waals surface area contributed by atoms with Gasteiger partial charge in [-0.3, -0.25) is 0 Å². The summed E-state index contributed by atoms with van der Waals surface area (Å²) >= 11 is 1.87. The SMILES string of the molecule is CCc1ccc(CNCc2cncnc2)s1. The smallest absolute Gasteiger partial charge is 0.115 e. The van der Waals surface area contributed by atoms with Crippen LogP contribution in [-0.2, 0) is 19.5 Å². The first kappa shape index (κ1) is 11.2. The van der Waals surface area contributed by atoms with Crippen LogP contribution in [0.1, 0.15) is 22.2 Å². The fourth-order valence-corrected chi connectivity index (χ4v) is 2.39. The van der Waals surface area contributed by atoms with Gasteiger partial charge in [0.2, 0.25) is 0 Å². The summed E-state index contributed by atoms with van der Waals surface area (Å²) in [5.41, 5.74) is 1.12. The van der Waals surface area contributed by atoms with Crippen LogP contribution in [0.2, 0.25) is 0 Å². The van der Waals surface area contributed by atoms with Gasteiger partial charge in [-0.05, 0) is 18.6 Å². The van der Waals surface area contributed by atoms with Crippen molar-refractivity contribution in [2.24, 2.45) is 0 Å². The summed E-state index contributed by atoms with van der Waals surface area (Å²) < 4.78 is 0. The van der Waals surface area contributed by atoms with Gasteiger partial charge in [0.15, 0.2) is 0 Å². The zero-order chi connectivity index (χ0) is 11.2. The molecular weight excluding hydrogens is 218 g/mol. The van der Waals surface area contributed by atoms with E-state index in [4.69, 9.17) is 0 Å². The number of hydrogen-bond donors (Lipinski definition) is 1. The van der Waals surface area contributed by atoms with Gasteiger partial charge in [0, 0.05) is 40.8 Å². The maximum absolute atomic E-state index is 3.98. The number of nitrogens with zero attached hydrogens (tertiary/aromatic N) is 2. The molecule has 2 heterocycles. The Hall–Kier alpha value is -1.26. The number of thiophene rings is 1. The van der Waals surface area contributed by atoms with Crippen LogP contribution >= 0.6 is 11.3 Å². The molecular formula is C12H15N3S. The van der Waals surface area contributed by atoms with Gasteiger partial charge >= 0.3 is 0 Å². The van der Waals surface area contributed by atoms with E-state index < -0.39 is 0 Å². The first-order valence-electron chi connectivity index (χ1n) is 5.40. The molecule has 0 saturated carbocycles. The lowest BCUT2D eigenvalue weighted by Gasteiger charge is -2.01. The molecule has 0 fully saturated rings. The molecule has 0 aliphatic heterocycles. The summed E-state index contributed by atoms with van der Waals surface area (Å²) in [7, 11) is 0. The molecule has 4 heteroatoms. The Labute approximate surface area is 99.6 Å². The molecule has 2 aromatic rings. The second kappa shape index (κ2) is 5.72. The predicted octanol–water partition coefficient (Wildman–Crippen LogP) is 2.39. The lowest BCUT2D eigenvalue weighted by Crippen LogP contribution is -2.11. The monoisotopic (exact) mass is 233 g/mol. The van der Waals surface area contributed by atoms with E-state index in [1.807, 2.05) is 23.7 Å². The molecule has 0 aromatic carbocycles. The van der Waals surface area contributed by atoms with Crippen LogP contribution in [0, 0.1) is 0 Å². The van der Waals surface area contributed by atoms with Crippen molar-refractivity contribution in [2.45, 2.75) is 26.4 Å². The third kappa shape index (κ3) is 3.12. The van der Waals surface area contributed by atoms with Crippen LogP contribution in [-0.4, -0.2) is 9.97 Å². The molecule has 0 unspecified atom stereocenters. The van der Waals surface area contributed by atoms with Crippen LogP contribution in [0.15, 0.2) is 30.9 Å². The van der Waals surface area contributed by atoms with E-state index in [0.29, 0.717) is 0 Å². The Kier molecular flexibility index (Phi) is 4.02. The van der Waals surface area contributed by atoms with Gasteiger partial charge in [-0.25, -0.2) is 9.97 Å². The lowest BCUT2D eigenvalue weighted by molar-refractivity contribution is 0.696. The highest BCUT2D eigenvalue weighted by molar-refractivity contribution is 7.11. The molecule has 2 rings (SSSR count). The third-order valence-corrected chi connectivity index (χ3v) is 3.54. The normalized spacial score (nSPS) is 10.6. The molecule has 0 saturated heterocycles. The maximum Gasteiger partial charge on any atom is 0.115 e. The Balaban J connectivity index is 1.80. The topological polar surface area (TPSA) is 37.8 Å². The molecule has 2 aromatic heterocycles. The summed E-state index contributed by atoms with van der Waals surface area (Å²) in [4.78, 5) is 10.8. The molecule has 0 radical (unpaired) electrons. The van der Waals surface area contributed by atoms with Gasteiger partial charge in [-0.2, -0.15) is 0 Å². The minimum absolute atomic E-state index is 0.820. The van der Waals surface area contributed by atoms with Gasteiger partial charge in [0.25, 0.3) is 0 Å². The first-order valence-corrected chi connectivity index (χ1v) is 6.22. The highest BCUT2D eigenvalue weighted by atomic mass is 32.1. The summed E-state index contributed by atoms with van der Waals surface area (Å²) in [6, 6.07) is 4.39. The van der Waals surface area contributed by atoms with Gasteiger partial charge in [-0.1, -0.05) is 6.92 Å². The van der Waals surface area contributed by atoms with E-state index >= 15 is 0 Å². The first-order chi connectivity index (χ1) is 7.88. The average Bonchev–Trinajstić information content (AvgIpc) is 2.78.